The van der Waals surface area contributed by atoms with E-state index in [0.29, 0.717) is 22.9 Å². The number of nitrogens with zero attached hydrogens (tertiary/aromatic N) is 3. The first-order valence-corrected chi connectivity index (χ1v) is 8.73. The molecule has 2 aromatic rings. The van der Waals surface area contributed by atoms with E-state index in [0.717, 1.165) is 25.1 Å². The minimum atomic E-state index is -0.214. The Morgan fingerprint density at radius 1 is 1.15 bits per heavy atom. The van der Waals surface area contributed by atoms with Gasteiger partial charge in [0.05, 0.1) is 0 Å². The van der Waals surface area contributed by atoms with E-state index in [-0.39, 0.29) is 11.8 Å². The fraction of sp³-hybridized carbons (Fsp3) is 0.350. The maximum atomic E-state index is 12.8. The normalized spacial score (nSPS) is 16.8. The second-order valence-corrected chi connectivity index (χ2v) is 6.88. The summed E-state index contributed by atoms with van der Waals surface area (Å²) >= 11 is 0. The molecule has 0 bridgehead atoms. The van der Waals surface area contributed by atoms with Crippen molar-refractivity contribution in [2.45, 2.75) is 19.4 Å². The van der Waals surface area contributed by atoms with Crippen LogP contribution in [0.1, 0.15) is 32.7 Å². The number of carbonyl (C=O) groups excluding carboxylic acids is 2. The molecule has 1 atom stereocenters. The summed E-state index contributed by atoms with van der Waals surface area (Å²) in [4.78, 5) is 33.2. The lowest BCUT2D eigenvalue weighted by molar-refractivity contribution is 0.0782. The summed E-state index contributed by atoms with van der Waals surface area (Å²) in [6, 6.07) is 9.17. The number of aryl methyl sites for hydroxylation is 1. The lowest BCUT2D eigenvalue weighted by Crippen LogP contribution is -2.34. The number of carbonyl (C=O) groups is 2. The molecular weight excluding hydrogens is 328 g/mol. The second kappa shape index (κ2) is 7.66. The zero-order chi connectivity index (χ0) is 18.7. The second-order valence-electron chi connectivity index (χ2n) is 6.88. The van der Waals surface area contributed by atoms with E-state index in [1.54, 1.807) is 30.6 Å². The van der Waals surface area contributed by atoms with E-state index in [9.17, 15) is 9.59 Å². The molecule has 0 radical (unpaired) electrons. The van der Waals surface area contributed by atoms with Crippen molar-refractivity contribution in [2.24, 2.45) is 0 Å². The summed E-state index contributed by atoms with van der Waals surface area (Å²) < 4.78 is 0. The van der Waals surface area contributed by atoms with Crippen molar-refractivity contribution in [3.05, 3.63) is 59.4 Å². The number of nitrogens with one attached hydrogen (secondary N) is 1. The summed E-state index contributed by atoms with van der Waals surface area (Å²) in [6.45, 7) is 3.40. The molecule has 26 heavy (non-hydrogen) atoms. The fourth-order valence-corrected chi connectivity index (χ4v) is 3.12. The molecule has 1 unspecified atom stereocenters. The van der Waals surface area contributed by atoms with Gasteiger partial charge in [-0.1, -0.05) is 6.07 Å². The molecule has 6 heteroatoms. The van der Waals surface area contributed by atoms with Gasteiger partial charge in [-0.25, -0.2) is 0 Å². The summed E-state index contributed by atoms with van der Waals surface area (Å²) in [6.07, 6.45) is 4.14. The van der Waals surface area contributed by atoms with Crippen LogP contribution in [-0.4, -0.2) is 59.8 Å². The van der Waals surface area contributed by atoms with Crippen LogP contribution in [0.4, 0.5) is 5.69 Å². The van der Waals surface area contributed by atoms with Crippen LogP contribution in [0.5, 0.6) is 0 Å². The van der Waals surface area contributed by atoms with Crippen LogP contribution in [0.25, 0.3) is 0 Å². The molecule has 0 aliphatic carbocycles. The summed E-state index contributed by atoms with van der Waals surface area (Å²) in [5.41, 5.74) is 2.70. The minimum Gasteiger partial charge on any atom is -0.337 e. The summed E-state index contributed by atoms with van der Waals surface area (Å²) in [7, 11) is 4.08. The number of amides is 2. The van der Waals surface area contributed by atoms with E-state index in [1.165, 1.54) is 0 Å². The number of hydrogen-bond donors (Lipinski definition) is 1. The van der Waals surface area contributed by atoms with Crippen LogP contribution >= 0.6 is 0 Å². The first-order valence-electron chi connectivity index (χ1n) is 8.73. The molecule has 1 aliphatic heterocycles. The molecule has 2 amide bonds. The average molecular weight is 352 g/mol. The minimum absolute atomic E-state index is 0.00811. The quantitative estimate of drug-likeness (QED) is 0.918. The number of anilines is 1. The highest BCUT2D eigenvalue weighted by Gasteiger charge is 2.28. The van der Waals surface area contributed by atoms with Gasteiger partial charge < -0.3 is 15.1 Å². The van der Waals surface area contributed by atoms with Crippen molar-refractivity contribution >= 4 is 17.5 Å². The zero-order valence-electron chi connectivity index (χ0n) is 15.4. The number of aromatic nitrogens is 1. The Bertz CT molecular complexity index is 805. The van der Waals surface area contributed by atoms with Crippen LogP contribution in [0.15, 0.2) is 42.7 Å². The Morgan fingerprint density at radius 2 is 1.88 bits per heavy atom. The third-order valence-corrected chi connectivity index (χ3v) is 4.86. The first kappa shape index (κ1) is 18.1. The van der Waals surface area contributed by atoms with Gasteiger partial charge in [0, 0.05) is 48.3 Å². The van der Waals surface area contributed by atoms with Gasteiger partial charge in [-0.05, 0) is 57.3 Å². The van der Waals surface area contributed by atoms with Crippen LogP contribution in [0, 0.1) is 6.92 Å². The van der Waals surface area contributed by atoms with Gasteiger partial charge in [0.15, 0.2) is 0 Å². The predicted molar refractivity (Wildman–Crippen MR) is 101 cm³/mol. The molecule has 3 rings (SSSR count). The number of rotatable bonds is 4. The molecule has 1 saturated heterocycles. The smallest absolute Gasteiger partial charge is 0.255 e. The lowest BCUT2D eigenvalue weighted by atomic mass is 10.1. The third kappa shape index (κ3) is 3.91. The highest BCUT2D eigenvalue weighted by molar-refractivity contribution is 6.05. The van der Waals surface area contributed by atoms with Gasteiger partial charge in [-0.2, -0.15) is 0 Å². The zero-order valence-corrected chi connectivity index (χ0v) is 15.4. The van der Waals surface area contributed by atoms with Crippen molar-refractivity contribution in [1.82, 2.24) is 14.8 Å². The number of likely N-dealkylation sites (N-methyl/N-ethyl adjacent to an activating group) is 1. The van der Waals surface area contributed by atoms with Gasteiger partial charge in [0.1, 0.15) is 0 Å². The standard InChI is InChI=1S/C20H24N4O2/c1-14-4-5-16(20(26)24-11-8-17(13-24)23(2)3)12-18(14)22-19(25)15-6-9-21-10-7-15/h4-7,9-10,12,17H,8,11,13H2,1-3H3,(H,22,25). The molecular formula is C20H24N4O2. The van der Waals surface area contributed by atoms with Crippen LogP contribution < -0.4 is 5.32 Å². The van der Waals surface area contributed by atoms with Gasteiger partial charge >= 0.3 is 0 Å². The van der Waals surface area contributed by atoms with Crippen LogP contribution in [0.3, 0.4) is 0 Å². The third-order valence-electron chi connectivity index (χ3n) is 4.86. The molecule has 0 saturated carbocycles. The van der Waals surface area contributed by atoms with Crippen LogP contribution in [-0.2, 0) is 0 Å². The Morgan fingerprint density at radius 3 is 2.54 bits per heavy atom. The fourth-order valence-electron chi connectivity index (χ4n) is 3.12. The molecule has 0 spiro atoms. The molecule has 1 aliphatic rings. The topological polar surface area (TPSA) is 65.5 Å². The summed E-state index contributed by atoms with van der Waals surface area (Å²) in [5, 5.41) is 2.89. The van der Waals surface area contributed by atoms with Crippen molar-refractivity contribution in [1.29, 1.82) is 0 Å². The Hall–Kier alpha value is -2.73. The van der Waals surface area contributed by atoms with Crippen LogP contribution in [0.2, 0.25) is 0 Å². The van der Waals surface area contributed by atoms with Gasteiger partial charge in [-0.15, -0.1) is 0 Å². The average Bonchev–Trinajstić information content (AvgIpc) is 3.14. The van der Waals surface area contributed by atoms with Crippen molar-refractivity contribution in [3.63, 3.8) is 0 Å². The molecule has 1 aromatic heterocycles. The highest BCUT2D eigenvalue weighted by atomic mass is 16.2. The van der Waals surface area contributed by atoms with Crippen molar-refractivity contribution in [2.75, 3.05) is 32.5 Å². The highest BCUT2D eigenvalue weighted by Crippen LogP contribution is 2.21. The summed E-state index contributed by atoms with van der Waals surface area (Å²) in [5.74, 6) is -0.206. The maximum Gasteiger partial charge on any atom is 0.255 e. The Balaban J connectivity index is 1.75. The molecule has 1 fully saturated rings. The SMILES string of the molecule is Cc1ccc(C(=O)N2CCC(N(C)C)C2)cc1NC(=O)c1ccncc1. The molecule has 1 aromatic carbocycles. The van der Waals surface area contributed by atoms with Crippen molar-refractivity contribution in [3.8, 4) is 0 Å². The number of likely N-dealkylation sites (tertiary alicyclic amines) is 1. The Labute approximate surface area is 153 Å². The maximum absolute atomic E-state index is 12.8. The molecule has 6 nitrogen and oxygen atoms in total. The number of pyridine rings is 1. The number of benzene rings is 1. The van der Waals surface area contributed by atoms with E-state index >= 15 is 0 Å². The Kier molecular flexibility index (Phi) is 5.32. The van der Waals surface area contributed by atoms with E-state index < -0.39 is 0 Å². The van der Waals surface area contributed by atoms with Gasteiger partial charge in [-0.3, -0.25) is 14.6 Å². The molecule has 2 heterocycles. The van der Waals surface area contributed by atoms with E-state index in [1.807, 2.05) is 38.1 Å². The predicted octanol–water partition coefficient (Wildman–Crippen LogP) is 2.42. The first-order chi connectivity index (χ1) is 12.5. The monoisotopic (exact) mass is 352 g/mol. The van der Waals surface area contributed by atoms with Gasteiger partial charge in [0.25, 0.3) is 11.8 Å². The van der Waals surface area contributed by atoms with E-state index in [4.69, 9.17) is 0 Å². The largest absolute Gasteiger partial charge is 0.337 e. The lowest BCUT2D eigenvalue weighted by Gasteiger charge is -2.21. The number of hydrogen-bond acceptors (Lipinski definition) is 4. The molecule has 136 valence electrons. The van der Waals surface area contributed by atoms with Crippen molar-refractivity contribution < 1.29 is 9.59 Å². The van der Waals surface area contributed by atoms with E-state index in [2.05, 4.69) is 15.2 Å². The van der Waals surface area contributed by atoms with Gasteiger partial charge in [0.2, 0.25) is 0 Å². The molecule has 1 N–H and O–H groups in total.